The van der Waals surface area contributed by atoms with Gasteiger partial charge in [-0.05, 0) is 37.1 Å². The molecule has 0 heterocycles. The van der Waals surface area contributed by atoms with E-state index < -0.39 is 0 Å². The topological polar surface area (TPSA) is 26.3 Å². The predicted molar refractivity (Wildman–Crippen MR) is 72.6 cm³/mol. The molecule has 0 N–H and O–H groups in total. The standard InChI is InChI=1S/C12H14Br2O2/c1-3-16-11-5-9(7-13)4-10(6-11)12(14)8(2)15/h4-6,12H,3,7H2,1-2H3. The number of carbonyl (C=O) groups excluding carboxylic acids is 1. The van der Waals surface area contributed by atoms with Gasteiger partial charge in [-0.1, -0.05) is 37.9 Å². The monoisotopic (exact) mass is 348 g/mol. The maximum Gasteiger partial charge on any atom is 0.147 e. The van der Waals surface area contributed by atoms with Gasteiger partial charge >= 0.3 is 0 Å². The Morgan fingerprint density at radius 3 is 2.62 bits per heavy atom. The lowest BCUT2D eigenvalue weighted by atomic mass is 10.1. The van der Waals surface area contributed by atoms with Crippen LogP contribution in [0.4, 0.5) is 0 Å². The minimum atomic E-state index is -0.259. The average molecular weight is 350 g/mol. The smallest absolute Gasteiger partial charge is 0.147 e. The number of hydrogen-bond acceptors (Lipinski definition) is 2. The Bertz CT molecular complexity index is 377. The number of carbonyl (C=O) groups is 1. The van der Waals surface area contributed by atoms with Crippen LogP contribution in [0.2, 0.25) is 0 Å². The molecule has 0 radical (unpaired) electrons. The number of Topliss-reactive ketones (excluding diaryl/α,β-unsaturated/α-hetero) is 1. The number of alkyl halides is 2. The van der Waals surface area contributed by atoms with Crippen LogP contribution in [-0.4, -0.2) is 12.4 Å². The molecule has 0 bridgehead atoms. The lowest BCUT2D eigenvalue weighted by molar-refractivity contribution is -0.116. The maximum atomic E-state index is 11.3. The molecule has 1 rings (SSSR count). The van der Waals surface area contributed by atoms with Crippen molar-refractivity contribution in [2.45, 2.75) is 24.0 Å². The Morgan fingerprint density at radius 1 is 1.44 bits per heavy atom. The quantitative estimate of drug-likeness (QED) is 0.751. The summed E-state index contributed by atoms with van der Waals surface area (Å²) in [5.74, 6) is 0.898. The van der Waals surface area contributed by atoms with Gasteiger partial charge in [-0.3, -0.25) is 4.79 Å². The van der Waals surface area contributed by atoms with Crippen molar-refractivity contribution in [3.8, 4) is 5.75 Å². The minimum Gasteiger partial charge on any atom is -0.494 e. The van der Waals surface area contributed by atoms with Gasteiger partial charge in [-0.15, -0.1) is 0 Å². The van der Waals surface area contributed by atoms with E-state index in [4.69, 9.17) is 4.74 Å². The van der Waals surface area contributed by atoms with E-state index in [1.807, 2.05) is 25.1 Å². The first-order chi connectivity index (χ1) is 7.58. The lowest BCUT2D eigenvalue weighted by Gasteiger charge is -2.11. The Hall–Kier alpha value is -0.350. The third-order valence-electron chi connectivity index (χ3n) is 2.10. The van der Waals surface area contributed by atoms with Gasteiger partial charge in [0.05, 0.1) is 11.4 Å². The highest BCUT2D eigenvalue weighted by Crippen LogP contribution is 2.29. The zero-order valence-corrected chi connectivity index (χ0v) is 12.5. The summed E-state index contributed by atoms with van der Waals surface area (Å²) in [6.45, 7) is 4.13. The summed E-state index contributed by atoms with van der Waals surface area (Å²) < 4.78 is 5.47. The predicted octanol–water partition coefficient (Wildman–Crippen LogP) is 4.01. The van der Waals surface area contributed by atoms with Crippen LogP contribution in [-0.2, 0) is 10.1 Å². The van der Waals surface area contributed by atoms with E-state index >= 15 is 0 Å². The molecule has 0 spiro atoms. The first kappa shape index (κ1) is 13.7. The second kappa shape index (κ2) is 6.40. The molecule has 0 saturated heterocycles. The summed E-state index contributed by atoms with van der Waals surface area (Å²) in [5, 5.41) is 0.749. The van der Waals surface area contributed by atoms with Gasteiger partial charge in [0.2, 0.25) is 0 Å². The van der Waals surface area contributed by atoms with Crippen LogP contribution in [0.3, 0.4) is 0 Å². The molecular formula is C12H14Br2O2. The Kier molecular flexibility index (Phi) is 5.49. The highest BCUT2D eigenvalue weighted by atomic mass is 79.9. The van der Waals surface area contributed by atoms with Crippen LogP contribution < -0.4 is 4.74 Å². The SMILES string of the molecule is CCOc1cc(CBr)cc(C(Br)C(C)=O)c1. The summed E-state index contributed by atoms with van der Waals surface area (Å²) in [7, 11) is 0. The van der Waals surface area contributed by atoms with Crippen LogP contribution in [0.25, 0.3) is 0 Å². The van der Waals surface area contributed by atoms with Crippen LogP contribution >= 0.6 is 31.9 Å². The Morgan fingerprint density at radius 2 is 2.12 bits per heavy atom. The van der Waals surface area contributed by atoms with Crippen molar-refractivity contribution in [3.05, 3.63) is 29.3 Å². The lowest BCUT2D eigenvalue weighted by Crippen LogP contribution is -2.03. The van der Waals surface area contributed by atoms with Crippen LogP contribution in [0, 0.1) is 0 Å². The van der Waals surface area contributed by atoms with Crippen molar-refractivity contribution < 1.29 is 9.53 Å². The molecule has 16 heavy (non-hydrogen) atoms. The van der Waals surface area contributed by atoms with Gasteiger partial charge in [0, 0.05) is 5.33 Å². The molecule has 4 heteroatoms. The van der Waals surface area contributed by atoms with Crippen molar-refractivity contribution in [2.24, 2.45) is 0 Å². The zero-order chi connectivity index (χ0) is 12.1. The molecule has 1 unspecified atom stereocenters. The molecule has 1 atom stereocenters. The van der Waals surface area contributed by atoms with Crippen molar-refractivity contribution >= 4 is 37.6 Å². The molecule has 0 fully saturated rings. The number of halogens is 2. The van der Waals surface area contributed by atoms with E-state index in [-0.39, 0.29) is 10.6 Å². The van der Waals surface area contributed by atoms with E-state index in [0.717, 1.165) is 22.2 Å². The molecule has 1 aromatic rings. The van der Waals surface area contributed by atoms with E-state index in [9.17, 15) is 4.79 Å². The highest BCUT2D eigenvalue weighted by Gasteiger charge is 2.14. The average Bonchev–Trinajstić information content (AvgIpc) is 2.27. The fourth-order valence-corrected chi connectivity index (χ4v) is 1.98. The maximum absolute atomic E-state index is 11.3. The minimum absolute atomic E-state index is 0.0918. The van der Waals surface area contributed by atoms with Crippen LogP contribution in [0.1, 0.15) is 29.8 Å². The second-order valence-corrected chi connectivity index (χ2v) is 4.93. The molecule has 0 aliphatic rings. The van der Waals surface area contributed by atoms with Gasteiger partial charge < -0.3 is 4.74 Å². The Labute approximate surface area is 113 Å². The van der Waals surface area contributed by atoms with E-state index in [1.54, 1.807) is 6.92 Å². The summed E-state index contributed by atoms with van der Waals surface area (Å²) in [6, 6.07) is 5.87. The number of benzene rings is 1. The first-order valence-corrected chi connectivity index (χ1v) is 7.09. The van der Waals surface area contributed by atoms with Crippen molar-refractivity contribution in [3.63, 3.8) is 0 Å². The van der Waals surface area contributed by atoms with Gasteiger partial charge in [0.15, 0.2) is 0 Å². The van der Waals surface area contributed by atoms with Gasteiger partial charge in [-0.25, -0.2) is 0 Å². The molecule has 0 aliphatic carbocycles. The fraction of sp³-hybridized carbons (Fsp3) is 0.417. The number of rotatable bonds is 5. The summed E-state index contributed by atoms with van der Waals surface area (Å²) in [4.78, 5) is 11.1. The second-order valence-electron chi connectivity index (χ2n) is 3.45. The van der Waals surface area contributed by atoms with Gasteiger partial charge in [0.1, 0.15) is 11.5 Å². The summed E-state index contributed by atoms with van der Waals surface area (Å²) in [5.41, 5.74) is 2.04. The first-order valence-electron chi connectivity index (χ1n) is 5.05. The van der Waals surface area contributed by atoms with Crippen molar-refractivity contribution in [1.29, 1.82) is 0 Å². The highest BCUT2D eigenvalue weighted by molar-refractivity contribution is 9.09. The van der Waals surface area contributed by atoms with Crippen LogP contribution in [0.15, 0.2) is 18.2 Å². The van der Waals surface area contributed by atoms with E-state index in [0.29, 0.717) is 6.61 Å². The third-order valence-corrected chi connectivity index (χ3v) is 3.92. The normalized spacial score (nSPS) is 12.2. The van der Waals surface area contributed by atoms with Crippen LogP contribution in [0.5, 0.6) is 5.75 Å². The number of ether oxygens (including phenoxy) is 1. The molecule has 0 amide bonds. The third kappa shape index (κ3) is 3.59. The van der Waals surface area contributed by atoms with E-state index in [1.165, 1.54) is 0 Å². The molecule has 0 saturated carbocycles. The molecule has 0 aromatic heterocycles. The summed E-state index contributed by atoms with van der Waals surface area (Å²) >= 11 is 6.79. The van der Waals surface area contributed by atoms with Crippen molar-refractivity contribution in [2.75, 3.05) is 6.61 Å². The molecule has 88 valence electrons. The van der Waals surface area contributed by atoms with Gasteiger partial charge in [0.25, 0.3) is 0 Å². The molecule has 1 aromatic carbocycles. The van der Waals surface area contributed by atoms with Gasteiger partial charge in [-0.2, -0.15) is 0 Å². The number of hydrogen-bond donors (Lipinski definition) is 0. The molecular weight excluding hydrogens is 336 g/mol. The Balaban J connectivity index is 3.08. The van der Waals surface area contributed by atoms with E-state index in [2.05, 4.69) is 31.9 Å². The fourth-order valence-electron chi connectivity index (χ4n) is 1.39. The van der Waals surface area contributed by atoms with Crippen molar-refractivity contribution in [1.82, 2.24) is 0 Å². The largest absolute Gasteiger partial charge is 0.494 e. The number of ketones is 1. The molecule has 2 nitrogen and oxygen atoms in total. The summed E-state index contributed by atoms with van der Waals surface area (Å²) in [6.07, 6.45) is 0. The zero-order valence-electron chi connectivity index (χ0n) is 9.30. The molecule has 0 aliphatic heterocycles.